The van der Waals surface area contributed by atoms with Crippen LogP contribution in [0.15, 0.2) is 150 Å². The van der Waals surface area contributed by atoms with Gasteiger partial charge >= 0.3 is 0 Å². The van der Waals surface area contributed by atoms with Crippen LogP contribution in [0.4, 0.5) is 11.4 Å². The number of fused-ring (bicyclic) bond motifs is 15. The molecule has 0 fully saturated rings. The second-order valence-corrected chi connectivity index (χ2v) is 19.5. The van der Waals surface area contributed by atoms with Gasteiger partial charge in [-0.2, -0.15) is 0 Å². The van der Waals surface area contributed by atoms with Gasteiger partial charge in [-0.1, -0.05) is 125 Å². The number of aromatic nitrogens is 1. The van der Waals surface area contributed by atoms with Crippen LogP contribution in [0, 0.1) is 0 Å². The molecule has 2 aliphatic rings. The van der Waals surface area contributed by atoms with Crippen LogP contribution >= 0.6 is 11.3 Å². The molecule has 3 nitrogen and oxygen atoms in total. The molecular weight excluding hydrogens is 747 g/mol. The van der Waals surface area contributed by atoms with Gasteiger partial charge in [-0.25, -0.2) is 0 Å². The maximum absolute atomic E-state index is 6.80. The fourth-order valence-corrected chi connectivity index (χ4v) is 11.7. The molecule has 1 aliphatic heterocycles. The second kappa shape index (κ2) is 11.8. The minimum absolute atomic E-state index is 0.0745. The molecule has 3 aromatic heterocycles. The number of benzene rings is 8. The van der Waals surface area contributed by atoms with E-state index in [1.54, 1.807) is 0 Å². The lowest BCUT2D eigenvalue weighted by atomic mass is 9.59. The summed E-state index contributed by atoms with van der Waals surface area (Å²) in [4.78, 5) is 0. The molecule has 11 aromatic rings. The minimum Gasteiger partial charge on any atom is -0.455 e. The van der Waals surface area contributed by atoms with E-state index in [1.165, 1.54) is 86.6 Å². The van der Waals surface area contributed by atoms with Crippen molar-refractivity contribution in [3.05, 3.63) is 162 Å². The van der Waals surface area contributed by atoms with Gasteiger partial charge < -0.3 is 14.3 Å². The lowest BCUT2D eigenvalue weighted by Gasteiger charge is -2.26. The Kier molecular flexibility index (Phi) is 6.75. The quantitative estimate of drug-likeness (QED) is 0.181. The molecule has 0 saturated carbocycles. The standard InChI is InChI=1S/C55H40BN2OS/c1-54(2,3)30-18-20-31(21-19-30)57-44-28-42-38(32-12-6-9-15-41(32)55(42,4)5)26-39(44)35-22-23-37-50-45(25-24-36-33-13-7-10-16-47(33)59-53(36)50)58-46-27-40-34-14-8-11-17-48(34)60-49(40)29-43(46)56-51(35)52(37)58/h6-29,57H,1-5H3. The highest BCUT2D eigenvalue weighted by Crippen LogP contribution is 2.52. The van der Waals surface area contributed by atoms with E-state index in [-0.39, 0.29) is 10.8 Å². The van der Waals surface area contributed by atoms with E-state index in [9.17, 15) is 0 Å². The lowest BCUT2D eigenvalue weighted by molar-refractivity contribution is 0.590. The van der Waals surface area contributed by atoms with E-state index in [0.717, 1.165) is 44.2 Å². The molecule has 0 spiro atoms. The van der Waals surface area contributed by atoms with Crippen molar-refractivity contribution in [2.45, 2.75) is 45.4 Å². The molecule has 0 bridgehead atoms. The van der Waals surface area contributed by atoms with E-state index < -0.39 is 0 Å². The molecule has 1 aliphatic carbocycles. The van der Waals surface area contributed by atoms with Gasteiger partial charge in [0.1, 0.15) is 11.2 Å². The van der Waals surface area contributed by atoms with Crippen LogP contribution < -0.4 is 16.2 Å². The monoisotopic (exact) mass is 787 g/mol. The number of nitrogens with zero attached hydrogens (tertiary/aromatic N) is 1. The van der Waals surface area contributed by atoms with Gasteiger partial charge in [0.25, 0.3) is 0 Å². The molecular formula is C55H40BN2OS. The van der Waals surface area contributed by atoms with Crippen molar-refractivity contribution in [3.8, 4) is 27.9 Å². The van der Waals surface area contributed by atoms with Gasteiger partial charge in [-0.3, -0.25) is 0 Å². The summed E-state index contributed by atoms with van der Waals surface area (Å²) in [5.41, 5.74) is 19.0. The van der Waals surface area contributed by atoms with E-state index in [2.05, 4.69) is 197 Å². The first-order valence-corrected chi connectivity index (χ1v) is 21.8. The first-order chi connectivity index (χ1) is 29.1. The first-order valence-electron chi connectivity index (χ1n) is 21.0. The van der Waals surface area contributed by atoms with Crippen LogP contribution in [0.2, 0.25) is 0 Å². The van der Waals surface area contributed by atoms with Crippen molar-refractivity contribution in [2.75, 3.05) is 5.32 Å². The largest absolute Gasteiger partial charge is 0.455 e. The van der Waals surface area contributed by atoms with Crippen molar-refractivity contribution in [2.24, 2.45) is 0 Å². The molecule has 0 saturated heterocycles. The Morgan fingerprint density at radius 3 is 2.23 bits per heavy atom. The van der Waals surface area contributed by atoms with E-state index >= 15 is 0 Å². The van der Waals surface area contributed by atoms with Gasteiger partial charge in [-0.15, -0.1) is 11.3 Å². The number of rotatable bonds is 3. The van der Waals surface area contributed by atoms with Gasteiger partial charge in [0.05, 0.1) is 10.9 Å². The highest BCUT2D eigenvalue weighted by Gasteiger charge is 2.37. The zero-order valence-electron chi connectivity index (χ0n) is 34.2. The molecule has 0 unspecified atom stereocenters. The average molecular weight is 788 g/mol. The zero-order valence-corrected chi connectivity index (χ0v) is 35.0. The third-order valence-corrected chi connectivity index (χ3v) is 14.7. The minimum atomic E-state index is -0.139. The molecule has 0 amide bonds. The van der Waals surface area contributed by atoms with E-state index in [1.807, 2.05) is 11.3 Å². The Morgan fingerprint density at radius 2 is 1.38 bits per heavy atom. The molecule has 0 atom stereocenters. The smallest absolute Gasteiger partial charge is 0.197 e. The van der Waals surface area contributed by atoms with Crippen LogP contribution in [-0.2, 0) is 10.8 Å². The van der Waals surface area contributed by atoms with Gasteiger partial charge in [0.2, 0.25) is 0 Å². The van der Waals surface area contributed by atoms with Gasteiger partial charge in [0, 0.05) is 69.9 Å². The predicted octanol–water partition coefficient (Wildman–Crippen LogP) is 14.0. The Labute approximate surface area is 353 Å². The normalized spacial score (nSPS) is 14.0. The average Bonchev–Trinajstić information content (AvgIpc) is 3.97. The number of hydrogen-bond donors (Lipinski definition) is 1. The van der Waals surface area contributed by atoms with Crippen LogP contribution in [0.25, 0.3) is 91.9 Å². The van der Waals surface area contributed by atoms with Crippen LogP contribution in [0.5, 0.6) is 0 Å². The third-order valence-electron chi connectivity index (χ3n) is 13.6. The van der Waals surface area contributed by atoms with Crippen LogP contribution in [0.1, 0.15) is 51.3 Å². The van der Waals surface area contributed by atoms with E-state index in [0.29, 0.717) is 0 Å². The summed E-state index contributed by atoms with van der Waals surface area (Å²) in [6, 6.07) is 54.2. The zero-order chi connectivity index (χ0) is 40.2. The second-order valence-electron chi connectivity index (χ2n) is 18.4. The fraction of sp³-hybridized carbons (Fsp3) is 0.127. The molecule has 60 heavy (non-hydrogen) atoms. The topological polar surface area (TPSA) is 30.1 Å². The molecule has 1 radical (unpaired) electrons. The summed E-state index contributed by atoms with van der Waals surface area (Å²) >= 11 is 1.88. The molecule has 4 heterocycles. The van der Waals surface area contributed by atoms with Crippen molar-refractivity contribution in [1.82, 2.24) is 4.57 Å². The fourth-order valence-electron chi connectivity index (χ4n) is 10.6. The van der Waals surface area contributed by atoms with Crippen molar-refractivity contribution < 1.29 is 4.42 Å². The number of anilines is 2. The summed E-state index contributed by atoms with van der Waals surface area (Å²) < 4.78 is 11.9. The highest BCUT2D eigenvalue weighted by molar-refractivity contribution is 7.26. The summed E-state index contributed by atoms with van der Waals surface area (Å²) in [7, 11) is 2.46. The SMILES string of the molecule is CC(C)(C)c1ccc(Nc2cc3c(cc2-c2ccc4c5c6oc7ccccc7c6ccc5n5c4c2[B]c2cc4sc6ccccc6c4cc2-5)-c2ccccc2C3(C)C)cc1. The van der Waals surface area contributed by atoms with Crippen LogP contribution in [0.3, 0.4) is 0 Å². The molecule has 1 N–H and O–H groups in total. The van der Waals surface area contributed by atoms with Crippen LogP contribution in [-0.4, -0.2) is 11.8 Å². The Balaban J connectivity index is 1.12. The third kappa shape index (κ3) is 4.61. The summed E-state index contributed by atoms with van der Waals surface area (Å²) in [6.45, 7) is 11.6. The van der Waals surface area contributed by atoms with Gasteiger partial charge in [-0.05, 0) is 105 Å². The summed E-state index contributed by atoms with van der Waals surface area (Å²) in [5.74, 6) is 0. The molecule has 285 valence electrons. The number of thiophene rings is 1. The highest BCUT2D eigenvalue weighted by atomic mass is 32.1. The van der Waals surface area contributed by atoms with Crippen molar-refractivity contribution in [3.63, 3.8) is 0 Å². The summed E-state index contributed by atoms with van der Waals surface area (Å²) in [5, 5.41) is 11.2. The van der Waals surface area contributed by atoms with Gasteiger partial charge in [0.15, 0.2) is 7.28 Å². The number of hydrogen-bond acceptors (Lipinski definition) is 3. The first kappa shape index (κ1) is 34.3. The maximum Gasteiger partial charge on any atom is 0.197 e. The van der Waals surface area contributed by atoms with E-state index in [4.69, 9.17) is 4.42 Å². The maximum atomic E-state index is 6.80. The van der Waals surface area contributed by atoms with Crippen molar-refractivity contribution >= 4 is 105 Å². The number of para-hydroxylation sites is 1. The molecule has 8 aromatic carbocycles. The molecule has 5 heteroatoms. The molecule has 13 rings (SSSR count). The Morgan fingerprint density at radius 1 is 0.617 bits per heavy atom. The number of nitrogens with one attached hydrogen (secondary N) is 1. The Bertz CT molecular complexity index is 3670. The predicted molar refractivity (Wildman–Crippen MR) is 257 cm³/mol. The lowest BCUT2D eigenvalue weighted by Crippen LogP contribution is -2.37. The Hall–Kier alpha value is -6.56. The summed E-state index contributed by atoms with van der Waals surface area (Å²) in [6.07, 6.45) is 0. The number of furan rings is 1. The van der Waals surface area contributed by atoms with Crippen molar-refractivity contribution in [1.29, 1.82) is 0 Å².